The van der Waals surface area contributed by atoms with Crippen LogP contribution in [0.25, 0.3) is 0 Å². The third-order valence-corrected chi connectivity index (χ3v) is 14.7. The summed E-state index contributed by atoms with van der Waals surface area (Å²) in [6.45, 7) is 4.30. The zero-order valence-electron chi connectivity index (χ0n) is 36.7. The van der Waals surface area contributed by atoms with Crippen LogP contribution >= 0.6 is 0 Å². The Kier molecular flexibility index (Phi) is 25.7. The van der Waals surface area contributed by atoms with Gasteiger partial charge in [-0.2, -0.15) is 8.61 Å². The van der Waals surface area contributed by atoms with Crippen molar-refractivity contribution in [1.29, 1.82) is 0 Å². The lowest BCUT2D eigenvalue weighted by Crippen LogP contribution is -2.53. The van der Waals surface area contributed by atoms with Gasteiger partial charge in [-0.25, -0.2) is 16.8 Å². The van der Waals surface area contributed by atoms with Gasteiger partial charge in [0.05, 0.1) is 9.79 Å². The summed E-state index contributed by atoms with van der Waals surface area (Å²) < 4.78 is 56.6. The van der Waals surface area contributed by atoms with E-state index in [9.17, 15) is 36.0 Å². The Labute approximate surface area is 365 Å². The van der Waals surface area contributed by atoms with Gasteiger partial charge in [-0.1, -0.05) is 120 Å². The average molecular weight is 892 g/mol. The van der Waals surface area contributed by atoms with E-state index in [2.05, 4.69) is 22.9 Å². The highest BCUT2D eigenvalue weighted by Crippen LogP contribution is 2.20. The summed E-state index contributed by atoms with van der Waals surface area (Å²) >= 11 is 0. The van der Waals surface area contributed by atoms with Gasteiger partial charge in [0.1, 0.15) is 18.1 Å². The number of amides is 4. The van der Waals surface area contributed by atoms with Gasteiger partial charge in [-0.3, -0.25) is 19.2 Å². The summed E-state index contributed by atoms with van der Waals surface area (Å²) in [6, 6.07) is 11.6. The van der Waals surface area contributed by atoms with Crippen LogP contribution in [0.4, 0.5) is 0 Å². The summed E-state index contributed by atoms with van der Waals surface area (Å²) in [5.74, 6) is -2.34. The molecule has 0 aliphatic carbocycles. The highest BCUT2D eigenvalue weighted by Gasteiger charge is 2.35. The molecule has 3 atom stereocenters. The summed E-state index contributed by atoms with van der Waals surface area (Å²) in [5.41, 5.74) is 11.2. The maximum atomic E-state index is 13.9. The lowest BCUT2D eigenvalue weighted by Gasteiger charge is -2.29. The van der Waals surface area contributed by atoms with E-state index in [1.54, 1.807) is 24.3 Å². The van der Waals surface area contributed by atoms with Crippen molar-refractivity contribution in [2.75, 3.05) is 32.7 Å². The van der Waals surface area contributed by atoms with Gasteiger partial charge in [0.2, 0.25) is 43.7 Å². The molecule has 2 rings (SSSR count). The molecule has 344 valence electrons. The predicted molar refractivity (Wildman–Crippen MR) is 240 cm³/mol. The molecular formula is C44H73N7O8S2. The van der Waals surface area contributed by atoms with E-state index < -0.39 is 55.9 Å². The third-order valence-electron chi connectivity index (χ3n) is 10.7. The Morgan fingerprint density at radius 1 is 0.590 bits per heavy atom. The first-order chi connectivity index (χ1) is 29.2. The molecule has 17 heteroatoms. The van der Waals surface area contributed by atoms with Gasteiger partial charge >= 0.3 is 0 Å². The molecule has 61 heavy (non-hydrogen) atoms. The zero-order chi connectivity index (χ0) is 45.1. The molecule has 4 amide bonds. The molecule has 2 aromatic carbocycles. The second kappa shape index (κ2) is 29.4. The lowest BCUT2D eigenvalue weighted by molar-refractivity contribution is -0.129. The van der Waals surface area contributed by atoms with Gasteiger partial charge in [-0.05, 0) is 70.3 Å². The Bertz CT molecular complexity index is 1800. The van der Waals surface area contributed by atoms with Crippen molar-refractivity contribution in [2.24, 2.45) is 11.5 Å². The number of benzene rings is 2. The summed E-state index contributed by atoms with van der Waals surface area (Å²) in [6.07, 6.45) is 17.4. The number of hydrogen-bond donors (Lipinski definition) is 5. The van der Waals surface area contributed by atoms with E-state index in [0.29, 0.717) is 32.2 Å². The van der Waals surface area contributed by atoms with E-state index in [0.717, 1.165) is 34.3 Å². The maximum Gasteiger partial charge on any atom is 0.243 e. The molecular weight excluding hydrogens is 819 g/mol. The first kappa shape index (κ1) is 53.2. The first-order valence-corrected chi connectivity index (χ1v) is 25.0. The van der Waals surface area contributed by atoms with Crippen LogP contribution in [0.5, 0.6) is 0 Å². The van der Waals surface area contributed by atoms with Gasteiger partial charge in [0, 0.05) is 32.6 Å². The van der Waals surface area contributed by atoms with Crippen LogP contribution < -0.4 is 27.4 Å². The molecule has 0 spiro atoms. The minimum Gasteiger partial charge on any atom is -0.368 e. The van der Waals surface area contributed by atoms with Crippen LogP contribution in [0, 0.1) is 0 Å². The van der Waals surface area contributed by atoms with E-state index in [4.69, 9.17) is 11.5 Å². The largest absolute Gasteiger partial charge is 0.368 e. The van der Waals surface area contributed by atoms with E-state index >= 15 is 0 Å². The minimum absolute atomic E-state index is 0.0685. The summed E-state index contributed by atoms with van der Waals surface area (Å²) in [7, 11) is -8.48. The van der Waals surface area contributed by atoms with Gasteiger partial charge in [0.15, 0.2) is 0 Å². The average Bonchev–Trinajstić information content (AvgIpc) is 3.25. The highest BCUT2D eigenvalue weighted by atomic mass is 32.2. The molecule has 0 aromatic heterocycles. The molecule has 0 radical (unpaired) electrons. The molecule has 15 nitrogen and oxygen atoms in total. The van der Waals surface area contributed by atoms with Crippen LogP contribution in [-0.2, 0) is 39.2 Å². The smallest absolute Gasteiger partial charge is 0.243 e. The van der Waals surface area contributed by atoms with Gasteiger partial charge in [0.25, 0.3) is 0 Å². The second-order valence-corrected chi connectivity index (χ2v) is 19.4. The molecule has 7 N–H and O–H groups in total. The van der Waals surface area contributed by atoms with Gasteiger partial charge < -0.3 is 27.4 Å². The fourth-order valence-corrected chi connectivity index (χ4v) is 10.2. The van der Waals surface area contributed by atoms with Crippen LogP contribution in [0.2, 0.25) is 0 Å². The number of rotatable bonds is 34. The highest BCUT2D eigenvalue weighted by molar-refractivity contribution is 7.89. The molecule has 0 aliphatic heterocycles. The van der Waals surface area contributed by atoms with Crippen LogP contribution in [-0.4, -0.2) is 99.9 Å². The molecule has 0 aliphatic rings. The fourth-order valence-electron chi connectivity index (χ4n) is 6.95. The van der Waals surface area contributed by atoms with Crippen molar-refractivity contribution >= 4 is 43.7 Å². The van der Waals surface area contributed by atoms with Crippen molar-refractivity contribution in [3.8, 4) is 0 Å². The normalized spacial score (nSPS) is 13.4. The van der Waals surface area contributed by atoms with Crippen LogP contribution in [0.1, 0.15) is 130 Å². The Morgan fingerprint density at radius 2 is 1.02 bits per heavy atom. The number of nitrogens with zero attached hydrogens (tertiary/aromatic N) is 2. The lowest BCUT2D eigenvalue weighted by atomic mass is 10.0. The number of primary amides is 1. The number of nitrogens with one attached hydrogen (secondary N) is 3. The monoisotopic (exact) mass is 891 g/mol. The standard InChI is InChI=1S/C44H73N7O8S2/c1-4-5-6-7-8-9-10-11-12-13-14-15-22-30-41(52)49-40(29-23-24-31-45)44(55)48-33-35-51(61(58,59)39-27-20-17-21-28-39)37(3)43(54)47-32-34-50(36(2)42(46)53)60(56,57)38-25-18-16-19-26-38/h16-21,25-28,36-37,40H,4-15,22-24,29-35,45H2,1-3H3,(H2,46,53)(H,47,54)(H,48,55)(H,49,52)/t36-,37-,40-/m0/s1. The SMILES string of the molecule is CCCCCCCCCCCCCCCC(=O)N[C@@H](CCCCN)C(=O)NCCN([C@@H](C)C(=O)NCCN([C@@H](C)C(N)=O)S(=O)(=O)c1ccccc1)S(=O)(=O)c1ccccc1. The van der Waals surface area contributed by atoms with Crippen molar-refractivity contribution in [3.63, 3.8) is 0 Å². The molecule has 0 fully saturated rings. The Morgan fingerprint density at radius 3 is 1.46 bits per heavy atom. The van der Waals surface area contributed by atoms with Crippen molar-refractivity contribution in [3.05, 3.63) is 60.7 Å². The first-order valence-electron chi connectivity index (χ1n) is 22.2. The number of sulfonamides is 2. The molecule has 0 bridgehead atoms. The minimum atomic E-state index is -4.28. The van der Waals surface area contributed by atoms with Crippen molar-refractivity contribution in [2.45, 2.75) is 158 Å². The molecule has 0 saturated heterocycles. The van der Waals surface area contributed by atoms with Gasteiger partial charge in [-0.15, -0.1) is 0 Å². The van der Waals surface area contributed by atoms with E-state index in [1.807, 2.05) is 0 Å². The maximum absolute atomic E-state index is 13.9. The Balaban J connectivity index is 2.02. The molecule has 2 aromatic rings. The number of carbonyl (C=O) groups excluding carboxylic acids is 4. The number of carbonyl (C=O) groups is 4. The second-order valence-electron chi connectivity index (χ2n) is 15.6. The molecule has 0 heterocycles. The summed E-state index contributed by atoms with van der Waals surface area (Å²) in [4.78, 5) is 51.9. The van der Waals surface area contributed by atoms with Crippen LogP contribution in [0.3, 0.4) is 0 Å². The Hall–Kier alpha value is -3.90. The quantitative estimate of drug-likeness (QED) is 0.0598. The van der Waals surface area contributed by atoms with Crippen molar-refractivity contribution in [1.82, 2.24) is 24.6 Å². The molecule has 0 saturated carbocycles. The third kappa shape index (κ3) is 19.4. The van der Waals surface area contributed by atoms with Crippen molar-refractivity contribution < 1.29 is 36.0 Å². The fraction of sp³-hybridized carbons (Fsp3) is 0.636. The zero-order valence-corrected chi connectivity index (χ0v) is 38.3. The van der Waals surface area contributed by atoms with Crippen LogP contribution in [0.15, 0.2) is 70.5 Å². The van der Waals surface area contributed by atoms with E-state index in [-0.39, 0.29) is 41.9 Å². The number of unbranched alkanes of at least 4 members (excludes halogenated alkanes) is 13. The summed E-state index contributed by atoms with van der Waals surface area (Å²) in [5, 5.41) is 8.21. The predicted octanol–water partition coefficient (Wildman–Crippen LogP) is 4.96. The topological polar surface area (TPSA) is 231 Å². The number of nitrogens with two attached hydrogens (primary N) is 2. The molecule has 0 unspecified atom stereocenters. The van der Waals surface area contributed by atoms with E-state index in [1.165, 1.54) is 108 Å². The number of hydrogen-bond acceptors (Lipinski definition) is 9.